The molecule has 5 nitrogen and oxygen atoms in total. The molecule has 2 N–H and O–H groups in total. The predicted molar refractivity (Wildman–Crippen MR) is 73.7 cm³/mol. The van der Waals surface area contributed by atoms with Crippen molar-refractivity contribution in [3.63, 3.8) is 0 Å². The van der Waals surface area contributed by atoms with E-state index in [4.69, 9.17) is 0 Å². The summed E-state index contributed by atoms with van der Waals surface area (Å²) < 4.78 is 0. The molecule has 5 heteroatoms. The van der Waals surface area contributed by atoms with Crippen molar-refractivity contribution < 1.29 is 9.59 Å². The predicted octanol–water partition coefficient (Wildman–Crippen LogP) is 0.647. The van der Waals surface area contributed by atoms with Crippen LogP contribution in [0.5, 0.6) is 0 Å². The molecule has 0 bridgehead atoms. The molecule has 2 rings (SSSR count). The molecule has 2 amide bonds. The van der Waals surface area contributed by atoms with Gasteiger partial charge in [-0.3, -0.25) is 9.59 Å². The maximum absolute atomic E-state index is 11.7. The number of piperidine rings is 1. The summed E-state index contributed by atoms with van der Waals surface area (Å²) in [6, 6.07) is 0.0173. The zero-order chi connectivity index (χ0) is 13.5. The molecule has 0 aromatic carbocycles. The van der Waals surface area contributed by atoms with E-state index in [2.05, 4.69) is 10.6 Å². The van der Waals surface area contributed by atoms with Crippen molar-refractivity contribution in [1.29, 1.82) is 0 Å². The molecule has 0 aliphatic carbocycles. The van der Waals surface area contributed by atoms with Crippen LogP contribution in [0.25, 0.3) is 0 Å². The molecule has 0 aromatic rings. The van der Waals surface area contributed by atoms with Gasteiger partial charge in [-0.15, -0.1) is 0 Å². The van der Waals surface area contributed by atoms with E-state index in [1.54, 1.807) is 0 Å². The Balaban J connectivity index is 1.51. The van der Waals surface area contributed by atoms with E-state index in [9.17, 15) is 9.59 Å². The minimum Gasteiger partial charge on any atom is -0.355 e. The number of nitrogens with one attached hydrogen (secondary N) is 2. The van der Waals surface area contributed by atoms with E-state index in [0.29, 0.717) is 12.3 Å². The molecule has 2 fully saturated rings. The second kappa shape index (κ2) is 7.48. The molecule has 0 saturated carbocycles. The average Bonchev–Trinajstić information content (AvgIpc) is 2.94. The SMILES string of the molecule is O=C(NCCCCN1CCCCC1=O)C1CCCN1. The lowest BCUT2D eigenvalue weighted by Gasteiger charge is -2.26. The highest BCUT2D eigenvalue weighted by atomic mass is 16.2. The van der Waals surface area contributed by atoms with Gasteiger partial charge in [0.2, 0.25) is 11.8 Å². The van der Waals surface area contributed by atoms with Crippen LogP contribution in [0.2, 0.25) is 0 Å². The summed E-state index contributed by atoms with van der Waals surface area (Å²) in [5.74, 6) is 0.428. The zero-order valence-corrected chi connectivity index (χ0v) is 11.6. The number of likely N-dealkylation sites (tertiary alicyclic amines) is 1. The maximum atomic E-state index is 11.7. The van der Waals surface area contributed by atoms with Gasteiger partial charge < -0.3 is 15.5 Å². The second-order valence-corrected chi connectivity index (χ2v) is 5.48. The smallest absolute Gasteiger partial charge is 0.237 e. The minimum absolute atomic E-state index is 0.0173. The minimum atomic E-state index is 0.0173. The first-order valence-corrected chi connectivity index (χ1v) is 7.56. The topological polar surface area (TPSA) is 61.4 Å². The largest absolute Gasteiger partial charge is 0.355 e. The molecule has 1 atom stereocenters. The molecule has 19 heavy (non-hydrogen) atoms. The monoisotopic (exact) mass is 267 g/mol. The Kier molecular flexibility index (Phi) is 5.63. The summed E-state index contributed by atoms with van der Waals surface area (Å²) in [5, 5.41) is 6.16. The van der Waals surface area contributed by atoms with Crippen molar-refractivity contribution in [2.24, 2.45) is 0 Å². The van der Waals surface area contributed by atoms with Gasteiger partial charge in [0, 0.05) is 26.1 Å². The first-order chi connectivity index (χ1) is 9.27. The number of nitrogens with zero attached hydrogens (tertiary/aromatic N) is 1. The Morgan fingerprint density at radius 2 is 2.21 bits per heavy atom. The van der Waals surface area contributed by atoms with Crippen molar-refractivity contribution in [3.8, 4) is 0 Å². The fraction of sp³-hybridized carbons (Fsp3) is 0.857. The van der Waals surface area contributed by atoms with E-state index in [0.717, 1.165) is 64.7 Å². The highest BCUT2D eigenvalue weighted by Gasteiger charge is 2.21. The molecule has 2 aliphatic heterocycles. The fourth-order valence-corrected chi connectivity index (χ4v) is 2.77. The fourth-order valence-electron chi connectivity index (χ4n) is 2.77. The number of rotatable bonds is 6. The lowest BCUT2D eigenvalue weighted by molar-refractivity contribution is -0.133. The summed E-state index contributed by atoms with van der Waals surface area (Å²) in [7, 11) is 0. The van der Waals surface area contributed by atoms with Crippen LogP contribution >= 0.6 is 0 Å². The Labute approximate surface area is 115 Å². The number of hydrogen-bond donors (Lipinski definition) is 2. The Morgan fingerprint density at radius 1 is 1.32 bits per heavy atom. The van der Waals surface area contributed by atoms with Crippen LogP contribution in [0.1, 0.15) is 44.9 Å². The van der Waals surface area contributed by atoms with Gasteiger partial charge in [-0.25, -0.2) is 0 Å². The number of hydrogen-bond acceptors (Lipinski definition) is 3. The summed E-state index contributed by atoms with van der Waals surface area (Å²) in [4.78, 5) is 25.3. The van der Waals surface area contributed by atoms with Gasteiger partial charge in [0.05, 0.1) is 6.04 Å². The van der Waals surface area contributed by atoms with Crippen molar-refractivity contribution >= 4 is 11.8 Å². The van der Waals surface area contributed by atoms with Gasteiger partial charge in [-0.05, 0) is 45.1 Å². The standard InChI is InChI=1S/C14H25N3O2/c18-13-7-1-3-10-17(13)11-4-2-8-16-14(19)12-6-5-9-15-12/h12,15H,1-11H2,(H,16,19). The molecule has 1 unspecified atom stereocenters. The van der Waals surface area contributed by atoms with Crippen LogP contribution in [-0.4, -0.2) is 48.9 Å². The first kappa shape index (κ1) is 14.3. The van der Waals surface area contributed by atoms with Gasteiger partial charge >= 0.3 is 0 Å². The Morgan fingerprint density at radius 3 is 2.95 bits per heavy atom. The van der Waals surface area contributed by atoms with Crippen molar-refractivity contribution in [2.45, 2.75) is 51.0 Å². The van der Waals surface area contributed by atoms with Crippen LogP contribution in [0.3, 0.4) is 0 Å². The quantitative estimate of drug-likeness (QED) is 0.695. The lowest BCUT2D eigenvalue weighted by atomic mass is 10.1. The van der Waals surface area contributed by atoms with Crippen LogP contribution in [0.15, 0.2) is 0 Å². The summed E-state index contributed by atoms with van der Waals surface area (Å²) >= 11 is 0. The van der Waals surface area contributed by atoms with Crippen LogP contribution in [0, 0.1) is 0 Å². The van der Waals surface area contributed by atoms with Gasteiger partial charge in [0.1, 0.15) is 0 Å². The molecule has 0 spiro atoms. The lowest BCUT2D eigenvalue weighted by Crippen LogP contribution is -2.41. The summed E-state index contributed by atoms with van der Waals surface area (Å²) in [5.41, 5.74) is 0. The van der Waals surface area contributed by atoms with Crippen LogP contribution in [-0.2, 0) is 9.59 Å². The third kappa shape index (κ3) is 4.49. The normalized spacial score (nSPS) is 23.7. The molecule has 2 aliphatic rings. The second-order valence-electron chi connectivity index (χ2n) is 5.48. The van der Waals surface area contributed by atoms with Crippen LogP contribution < -0.4 is 10.6 Å². The van der Waals surface area contributed by atoms with Crippen LogP contribution in [0.4, 0.5) is 0 Å². The van der Waals surface area contributed by atoms with E-state index in [1.165, 1.54) is 0 Å². The van der Waals surface area contributed by atoms with E-state index >= 15 is 0 Å². The number of carbonyl (C=O) groups is 2. The summed E-state index contributed by atoms with van der Waals surface area (Å²) in [6.07, 6.45) is 6.86. The Bertz CT molecular complexity index is 314. The van der Waals surface area contributed by atoms with Gasteiger partial charge in [-0.2, -0.15) is 0 Å². The highest BCUT2D eigenvalue weighted by Crippen LogP contribution is 2.11. The number of carbonyl (C=O) groups excluding carboxylic acids is 2. The zero-order valence-electron chi connectivity index (χ0n) is 11.6. The molecule has 2 saturated heterocycles. The molecule has 2 heterocycles. The summed E-state index contributed by atoms with van der Waals surface area (Å²) in [6.45, 7) is 3.43. The average molecular weight is 267 g/mol. The third-order valence-corrected chi connectivity index (χ3v) is 3.95. The van der Waals surface area contributed by atoms with Crippen molar-refractivity contribution in [3.05, 3.63) is 0 Å². The third-order valence-electron chi connectivity index (χ3n) is 3.95. The Hall–Kier alpha value is -1.10. The first-order valence-electron chi connectivity index (χ1n) is 7.56. The van der Waals surface area contributed by atoms with Gasteiger partial charge in [0.15, 0.2) is 0 Å². The number of amides is 2. The van der Waals surface area contributed by atoms with E-state index < -0.39 is 0 Å². The van der Waals surface area contributed by atoms with Crippen molar-refractivity contribution in [1.82, 2.24) is 15.5 Å². The van der Waals surface area contributed by atoms with E-state index in [1.807, 2.05) is 4.90 Å². The molecular formula is C14H25N3O2. The maximum Gasteiger partial charge on any atom is 0.237 e. The molecule has 0 radical (unpaired) electrons. The number of unbranched alkanes of at least 4 members (excludes halogenated alkanes) is 1. The van der Waals surface area contributed by atoms with Gasteiger partial charge in [0.25, 0.3) is 0 Å². The van der Waals surface area contributed by atoms with Crippen molar-refractivity contribution in [2.75, 3.05) is 26.2 Å². The molecular weight excluding hydrogens is 242 g/mol. The van der Waals surface area contributed by atoms with Gasteiger partial charge in [-0.1, -0.05) is 0 Å². The van der Waals surface area contributed by atoms with E-state index in [-0.39, 0.29) is 11.9 Å². The molecule has 108 valence electrons. The molecule has 0 aromatic heterocycles. The highest BCUT2D eigenvalue weighted by molar-refractivity contribution is 5.81.